The number of nitrogens with zero attached hydrogens (tertiary/aromatic N) is 2. The highest BCUT2D eigenvalue weighted by Crippen LogP contribution is 2.17. The number of likely N-dealkylation sites (N-methyl/N-ethyl adjacent to an activating group) is 1. The fourth-order valence-electron chi connectivity index (χ4n) is 2.49. The molecule has 0 spiro atoms. The molecule has 0 aromatic carbocycles. The maximum Gasteiger partial charge on any atom is 0.257 e. The van der Waals surface area contributed by atoms with Crippen molar-refractivity contribution in [1.29, 1.82) is 0 Å². The minimum absolute atomic E-state index is 0.0238. The van der Waals surface area contributed by atoms with Gasteiger partial charge in [-0.25, -0.2) is 0 Å². The summed E-state index contributed by atoms with van der Waals surface area (Å²) in [6.45, 7) is 10.4. The zero-order chi connectivity index (χ0) is 19.0. The van der Waals surface area contributed by atoms with E-state index >= 15 is 0 Å². The molecule has 0 bridgehead atoms. The molecule has 0 saturated heterocycles. The third-order valence-corrected chi connectivity index (χ3v) is 4.02. The van der Waals surface area contributed by atoms with E-state index in [9.17, 15) is 9.59 Å². The first kappa shape index (κ1) is 21.2. The number of amides is 2. The molecule has 0 unspecified atom stereocenters. The summed E-state index contributed by atoms with van der Waals surface area (Å²) < 4.78 is 5.48. The quantitative estimate of drug-likeness (QED) is 0.703. The third kappa shape index (κ3) is 7.73. The average molecular weight is 351 g/mol. The SMILES string of the molecule is Cc1cc(C(=O)N(CCC(=O)NCCN(C)C)CCC(C)C)c(C)o1. The smallest absolute Gasteiger partial charge is 0.257 e. The molecular formula is C19H33N3O3. The zero-order valence-electron chi connectivity index (χ0n) is 16.5. The second-order valence-electron chi connectivity index (χ2n) is 7.20. The van der Waals surface area contributed by atoms with Crippen LogP contribution in [0.1, 0.15) is 48.6 Å². The van der Waals surface area contributed by atoms with Gasteiger partial charge in [0.15, 0.2) is 0 Å². The van der Waals surface area contributed by atoms with Crippen LogP contribution in [0.4, 0.5) is 0 Å². The number of rotatable bonds is 10. The van der Waals surface area contributed by atoms with Crippen LogP contribution in [0.2, 0.25) is 0 Å². The predicted octanol–water partition coefficient (Wildman–Crippen LogP) is 2.45. The molecule has 25 heavy (non-hydrogen) atoms. The van der Waals surface area contributed by atoms with Gasteiger partial charge in [-0.05, 0) is 46.3 Å². The number of furan rings is 1. The van der Waals surface area contributed by atoms with Crippen LogP contribution in [-0.2, 0) is 4.79 Å². The fourth-order valence-corrected chi connectivity index (χ4v) is 2.49. The number of carbonyl (C=O) groups is 2. The van der Waals surface area contributed by atoms with Crippen LogP contribution in [0, 0.1) is 19.8 Å². The van der Waals surface area contributed by atoms with E-state index in [2.05, 4.69) is 19.2 Å². The molecule has 1 N–H and O–H groups in total. The van der Waals surface area contributed by atoms with Crippen molar-refractivity contribution in [3.8, 4) is 0 Å². The summed E-state index contributed by atoms with van der Waals surface area (Å²) in [5.41, 5.74) is 0.592. The zero-order valence-corrected chi connectivity index (χ0v) is 16.5. The molecular weight excluding hydrogens is 318 g/mol. The number of aryl methyl sites for hydroxylation is 2. The normalized spacial score (nSPS) is 11.2. The van der Waals surface area contributed by atoms with Crippen LogP contribution in [-0.4, -0.2) is 61.9 Å². The molecule has 2 amide bonds. The molecule has 1 aromatic heterocycles. The highest BCUT2D eigenvalue weighted by Gasteiger charge is 2.21. The molecule has 0 aliphatic rings. The molecule has 142 valence electrons. The Bertz CT molecular complexity index is 564. The van der Waals surface area contributed by atoms with Crippen molar-refractivity contribution in [3.05, 3.63) is 23.2 Å². The van der Waals surface area contributed by atoms with Gasteiger partial charge in [-0.15, -0.1) is 0 Å². The van der Waals surface area contributed by atoms with Gasteiger partial charge in [-0.1, -0.05) is 13.8 Å². The van der Waals surface area contributed by atoms with Crippen molar-refractivity contribution in [2.24, 2.45) is 5.92 Å². The largest absolute Gasteiger partial charge is 0.466 e. The first-order valence-corrected chi connectivity index (χ1v) is 8.98. The first-order valence-electron chi connectivity index (χ1n) is 8.98. The van der Waals surface area contributed by atoms with Crippen LogP contribution in [0.5, 0.6) is 0 Å². The molecule has 0 aliphatic heterocycles. The Morgan fingerprint density at radius 2 is 1.84 bits per heavy atom. The molecule has 1 heterocycles. The van der Waals surface area contributed by atoms with E-state index in [1.807, 2.05) is 25.9 Å². The summed E-state index contributed by atoms with van der Waals surface area (Å²) in [5, 5.41) is 2.89. The van der Waals surface area contributed by atoms with Crippen molar-refractivity contribution >= 4 is 11.8 Å². The molecule has 0 aliphatic carbocycles. The minimum Gasteiger partial charge on any atom is -0.466 e. The lowest BCUT2D eigenvalue weighted by atomic mass is 10.1. The Balaban J connectivity index is 2.65. The van der Waals surface area contributed by atoms with Crippen LogP contribution in [0.3, 0.4) is 0 Å². The van der Waals surface area contributed by atoms with Gasteiger partial charge in [0.25, 0.3) is 5.91 Å². The standard InChI is InChI=1S/C19H33N3O3/c1-14(2)7-10-22(11-8-18(23)20-9-12-21(5)6)19(24)17-13-15(3)25-16(17)4/h13-14H,7-12H2,1-6H3,(H,20,23). The second kappa shape index (κ2) is 10.2. The topological polar surface area (TPSA) is 65.8 Å². The fraction of sp³-hybridized carbons (Fsp3) is 0.684. The van der Waals surface area contributed by atoms with Gasteiger partial charge in [0.2, 0.25) is 5.91 Å². The average Bonchev–Trinajstić information content (AvgIpc) is 2.84. The van der Waals surface area contributed by atoms with Crippen LogP contribution in [0.15, 0.2) is 10.5 Å². The minimum atomic E-state index is -0.0592. The van der Waals surface area contributed by atoms with Gasteiger partial charge in [0, 0.05) is 32.6 Å². The van der Waals surface area contributed by atoms with Crippen LogP contribution >= 0.6 is 0 Å². The van der Waals surface area contributed by atoms with Gasteiger partial charge >= 0.3 is 0 Å². The van der Waals surface area contributed by atoms with Crippen LogP contribution < -0.4 is 5.32 Å². The number of hydrogen-bond donors (Lipinski definition) is 1. The monoisotopic (exact) mass is 351 g/mol. The van der Waals surface area contributed by atoms with E-state index in [1.165, 1.54) is 0 Å². The van der Waals surface area contributed by atoms with Crippen molar-refractivity contribution in [1.82, 2.24) is 15.1 Å². The summed E-state index contributed by atoms with van der Waals surface area (Å²) in [4.78, 5) is 28.6. The molecule has 6 nitrogen and oxygen atoms in total. The van der Waals surface area contributed by atoms with Gasteiger partial charge in [0.1, 0.15) is 11.5 Å². The molecule has 0 fully saturated rings. The lowest BCUT2D eigenvalue weighted by Crippen LogP contribution is -2.37. The first-order chi connectivity index (χ1) is 11.7. The highest BCUT2D eigenvalue weighted by atomic mass is 16.3. The number of carbonyl (C=O) groups excluding carboxylic acids is 2. The Labute approximate surface area is 151 Å². The molecule has 1 rings (SSSR count). The van der Waals surface area contributed by atoms with Crippen molar-refractivity contribution in [2.75, 3.05) is 40.3 Å². The van der Waals surface area contributed by atoms with Crippen LogP contribution in [0.25, 0.3) is 0 Å². The summed E-state index contributed by atoms with van der Waals surface area (Å²) in [5.74, 6) is 1.77. The molecule has 6 heteroatoms. The maximum absolute atomic E-state index is 12.8. The lowest BCUT2D eigenvalue weighted by Gasteiger charge is -2.23. The van der Waals surface area contributed by atoms with Gasteiger partial charge < -0.3 is 19.5 Å². The van der Waals surface area contributed by atoms with Crippen molar-refractivity contribution < 1.29 is 14.0 Å². The summed E-state index contributed by atoms with van der Waals surface area (Å²) in [6, 6.07) is 1.77. The Morgan fingerprint density at radius 3 is 2.36 bits per heavy atom. The Hall–Kier alpha value is -1.82. The van der Waals surface area contributed by atoms with Gasteiger partial charge in [-0.3, -0.25) is 9.59 Å². The van der Waals surface area contributed by atoms with Gasteiger partial charge in [0.05, 0.1) is 5.56 Å². The Morgan fingerprint density at radius 1 is 1.16 bits per heavy atom. The third-order valence-electron chi connectivity index (χ3n) is 4.02. The summed E-state index contributed by atoms with van der Waals surface area (Å²) in [7, 11) is 3.93. The van der Waals surface area contributed by atoms with E-state index in [-0.39, 0.29) is 11.8 Å². The van der Waals surface area contributed by atoms with E-state index in [4.69, 9.17) is 4.42 Å². The van der Waals surface area contributed by atoms with E-state index in [1.54, 1.807) is 17.9 Å². The molecule has 1 aromatic rings. The van der Waals surface area contributed by atoms with E-state index in [0.717, 1.165) is 18.7 Å². The molecule has 0 atom stereocenters. The summed E-state index contributed by atoms with van der Waals surface area (Å²) in [6.07, 6.45) is 1.22. The number of nitrogens with one attached hydrogen (secondary N) is 1. The van der Waals surface area contributed by atoms with Gasteiger partial charge in [-0.2, -0.15) is 0 Å². The summed E-state index contributed by atoms with van der Waals surface area (Å²) >= 11 is 0. The second-order valence-corrected chi connectivity index (χ2v) is 7.20. The highest BCUT2D eigenvalue weighted by molar-refractivity contribution is 5.95. The Kier molecular flexibility index (Phi) is 8.69. The van der Waals surface area contributed by atoms with Crippen molar-refractivity contribution in [3.63, 3.8) is 0 Å². The maximum atomic E-state index is 12.8. The molecule has 0 radical (unpaired) electrons. The predicted molar refractivity (Wildman–Crippen MR) is 99.7 cm³/mol. The lowest BCUT2D eigenvalue weighted by molar-refractivity contribution is -0.121. The number of hydrogen-bond acceptors (Lipinski definition) is 4. The molecule has 0 saturated carbocycles. The van der Waals surface area contributed by atoms with E-state index < -0.39 is 0 Å². The van der Waals surface area contributed by atoms with E-state index in [0.29, 0.717) is 43.3 Å². The van der Waals surface area contributed by atoms with Crippen molar-refractivity contribution in [2.45, 2.75) is 40.5 Å².